The second-order valence-electron chi connectivity index (χ2n) is 2.95. The standard InChI is InChI=1S/C10H5F3INO2/c1-17-9(16)6-3-2-5(4-15)8(14)7(6)10(11,12)13/h2-3H,1H3. The van der Waals surface area contributed by atoms with E-state index in [1.165, 1.54) is 22.6 Å². The third-order valence-corrected chi connectivity index (χ3v) is 3.07. The maximum absolute atomic E-state index is 12.8. The van der Waals surface area contributed by atoms with Crippen LogP contribution in [-0.2, 0) is 10.9 Å². The summed E-state index contributed by atoms with van der Waals surface area (Å²) in [6.45, 7) is 0. The first kappa shape index (κ1) is 13.8. The second-order valence-corrected chi connectivity index (χ2v) is 4.03. The predicted octanol–water partition coefficient (Wildman–Crippen LogP) is 2.97. The maximum atomic E-state index is 12.8. The molecule has 0 amide bonds. The van der Waals surface area contributed by atoms with Crippen molar-refractivity contribution in [3.63, 3.8) is 0 Å². The van der Waals surface area contributed by atoms with Crippen LogP contribution in [0, 0.1) is 14.9 Å². The molecule has 0 fully saturated rings. The molecule has 0 unspecified atom stereocenters. The van der Waals surface area contributed by atoms with Gasteiger partial charge in [0, 0.05) is 3.57 Å². The summed E-state index contributed by atoms with van der Waals surface area (Å²) in [7, 11) is 0.994. The third kappa shape index (κ3) is 2.69. The molecule has 0 spiro atoms. The third-order valence-electron chi connectivity index (χ3n) is 1.95. The molecule has 0 aliphatic heterocycles. The number of methoxy groups -OCH3 is 1. The Balaban J connectivity index is 3.60. The van der Waals surface area contributed by atoms with Crippen LogP contribution < -0.4 is 0 Å². The molecule has 0 N–H and O–H groups in total. The van der Waals surface area contributed by atoms with E-state index in [0.29, 0.717) is 0 Å². The van der Waals surface area contributed by atoms with Gasteiger partial charge in [-0.2, -0.15) is 18.4 Å². The first-order valence-corrected chi connectivity index (χ1v) is 5.29. The zero-order valence-corrected chi connectivity index (χ0v) is 10.6. The Bertz CT molecular complexity index is 505. The van der Waals surface area contributed by atoms with Gasteiger partial charge in [0.05, 0.1) is 23.8 Å². The predicted molar refractivity (Wildman–Crippen MR) is 60.2 cm³/mol. The number of nitrogens with zero attached hydrogens (tertiary/aromatic N) is 1. The summed E-state index contributed by atoms with van der Waals surface area (Å²) < 4.78 is 42.4. The number of carbonyl (C=O) groups excluding carboxylic acids is 1. The normalized spacial score (nSPS) is 10.8. The largest absolute Gasteiger partial charge is 0.465 e. The van der Waals surface area contributed by atoms with Crippen molar-refractivity contribution >= 4 is 28.6 Å². The zero-order valence-electron chi connectivity index (χ0n) is 8.43. The van der Waals surface area contributed by atoms with Gasteiger partial charge in [-0.25, -0.2) is 4.79 Å². The van der Waals surface area contributed by atoms with Crippen LogP contribution in [0.15, 0.2) is 12.1 Å². The van der Waals surface area contributed by atoms with Crippen LogP contribution in [0.2, 0.25) is 0 Å². The van der Waals surface area contributed by atoms with Crippen LogP contribution in [0.5, 0.6) is 0 Å². The Morgan fingerprint density at radius 3 is 2.47 bits per heavy atom. The fraction of sp³-hybridized carbons (Fsp3) is 0.200. The summed E-state index contributed by atoms with van der Waals surface area (Å²) in [5, 5.41) is 8.66. The number of benzene rings is 1. The molecule has 90 valence electrons. The van der Waals surface area contributed by atoms with E-state index in [9.17, 15) is 18.0 Å². The highest BCUT2D eigenvalue weighted by Gasteiger charge is 2.38. The van der Waals surface area contributed by atoms with Crippen molar-refractivity contribution in [2.24, 2.45) is 0 Å². The summed E-state index contributed by atoms with van der Waals surface area (Å²) in [5.41, 5.74) is -1.86. The van der Waals surface area contributed by atoms with E-state index < -0.39 is 23.3 Å². The van der Waals surface area contributed by atoms with Crippen molar-refractivity contribution in [1.82, 2.24) is 0 Å². The van der Waals surface area contributed by atoms with Crippen molar-refractivity contribution in [3.8, 4) is 6.07 Å². The molecular weight excluding hydrogens is 350 g/mol. The van der Waals surface area contributed by atoms with Crippen LogP contribution in [0.4, 0.5) is 13.2 Å². The monoisotopic (exact) mass is 355 g/mol. The lowest BCUT2D eigenvalue weighted by Crippen LogP contribution is -2.17. The summed E-state index contributed by atoms with van der Waals surface area (Å²) in [4.78, 5) is 11.2. The van der Waals surface area contributed by atoms with Gasteiger partial charge in [0.15, 0.2) is 0 Å². The zero-order chi connectivity index (χ0) is 13.2. The summed E-state index contributed by atoms with van der Waals surface area (Å²) in [6, 6.07) is 3.73. The lowest BCUT2D eigenvalue weighted by Gasteiger charge is -2.14. The summed E-state index contributed by atoms with van der Waals surface area (Å²) in [6.07, 6.45) is -4.72. The first-order valence-electron chi connectivity index (χ1n) is 4.21. The number of ether oxygens (including phenoxy) is 1. The fourth-order valence-electron chi connectivity index (χ4n) is 1.22. The average Bonchev–Trinajstić information content (AvgIpc) is 2.25. The molecule has 0 aliphatic carbocycles. The molecule has 0 aromatic heterocycles. The van der Waals surface area contributed by atoms with E-state index in [0.717, 1.165) is 19.2 Å². The molecule has 7 heteroatoms. The molecule has 1 aromatic rings. The number of rotatable bonds is 1. The van der Waals surface area contributed by atoms with Gasteiger partial charge in [-0.1, -0.05) is 0 Å². The minimum absolute atomic E-state index is 0.134. The summed E-state index contributed by atoms with van der Waals surface area (Å²) in [5.74, 6) is -1.08. The van der Waals surface area contributed by atoms with Gasteiger partial charge in [0.2, 0.25) is 0 Å². The highest BCUT2D eigenvalue weighted by atomic mass is 127. The Morgan fingerprint density at radius 2 is 2.06 bits per heavy atom. The molecule has 1 aromatic carbocycles. The molecule has 17 heavy (non-hydrogen) atoms. The molecule has 0 bridgehead atoms. The molecule has 0 saturated heterocycles. The molecule has 3 nitrogen and oxygen atoms in total. The van der Waals surface area contributed by atoms with Crippen molar-refractivity contribution in [2.75, 3.05) is 7.11 Å². The highest BCUT2D eigenvalue weighted by molar-refractivity contribution is 14.1. The van der Waals surface area contributed by atoms with E-state index in [1.54, 1.807) is 6.07 Å². The SMILES string of the molecule is COC(=O)c1ccc(C#N)c(I)c1C(F)(F)F. The molecule has 0 heterocycles. The van der Waals surface area contributed by atoms with Crippen molar-refractivity contribution in [2.45, 2.75) is 6.18 Å². The van der Waals surface area contributed by atoms with Crippen molar-refractivity contribution in [1.29, 1.82) is 5.26 Å². The number of alkyl halides is 3. The quantitative estimate of drug-likeness (QED) is 0.575. The molecular formula is C10H5F3INO2. The molecule has 0 aliphatic rings. The van der Waals surface area contributed by atoms with Gasteiger partial charge in [0.25, 0.3) is 0 Å². The summed E-state index contributed by atoms with van der Waals surface area (Å²) >= 11 is 1.39. The Hall–Kier alpha value is -1.30. The van der Waals surface area contributed by atoms with Gasteiger partial charge < -0.3 is 4.74 Å². The van der Waals surface area contributed by atoms with E-state index in [4.69, 9.17) is 5.26 Å². The van der Waals surface area contributed by atoms with Gasteiger partial charge in [-0.3, -0.25) is 0 Å². The number of nitriles is 1. The van der Waals surface area contributed by atoms with Crippen molar-refractivity contribution < 1.29 is 22.7 Å². The molecule has 0 radical (unpaired) electrons. The Labute approximate surface area is 108 Å². The number of esters is 1. The average molecular weight is 355 g/mol. The van der Waals surface area contributed by atoms with Crippen LogP contribution in [-0.4, -0.2) is 13.1 Å². The maximum Gasteiger partial charge on any atom is 0.418 e. The Kier molecular flexibility index (Phi) is 3.98. The number of carbonyl (C=O) groups is 1. The van der Waals surface area contributed by atoms with Gasteiger partial charge in [-0.05, 0) is 34.7 Å². The van der Waals surface area contributed by atoms with E-state index in [1.807, 2.05) is 0 Å². The second kappa shape index (κ2) is 4.91. The highest BCUT2D eigenvalue weighted by Crippen LogP contribution is 2.37. The van der Waals surface area contributed by atoms with Crippen molar-refractivity contribution in [3.05, 3.63) is 32.4 Å². The fourth-order valence-corrected chi connectivity index (χ4v) is 2.12. The lowest BCUT2D eigenvalue weighted by molar-refractivity contribution is -0.138. The lowest BCUT2D eigenvalue weighted by atomic mass is 10.0. The minimum atomic E-state index is -4.72. The van der Waals surface area contributed by atoms with Gasteiger partial charge in [0.1, 0.15) is 6.07 Å². The number of hydrogen-bond donors (Lipinski definition) is 0. The van der Waals surface area contributed by atoms with E-state index >= 15 is 0 Å². The molecule has 1 rings (SSSR count). The smallest absolute Gasteiger partial charge is 0.418 e. The van der Waals surface area contributed by atoms with E-state index in [-0.39, 0.29) is 9.13 Å². The first-order chi connectivity index (χ1) is 7.82. The minimum Gasteiger partial charge on any atom is -0.465 e. The Morgan fingerprint density at radius 1 is 1.47 bits per heavy atom. The number of hydrogen-bond acceptors (Lipinski definition) is 3. The number of halogens is 4. The van der Waals surface area contributed by atoms with Crippen LogP contribution in [0.25, 0.3) is 0 Å². The molecule has 0 saturated carbocycles. The van der Waals surface area contributed by atoms with Crippen LogP contribution >= 0.6 is 22.6 Å². The topological polar surface area (TPSA) is 50.1 Å². The van der Waals surface area contributed by atoms with Crippen LogP contribution in [0.1, 0.15) is 21.5 Å². The van der Waals surface area contributed by atoms with Crippen LogP contribution in [0.3, 0.4) is 0 Å². The van der Waals surface area contributed by atoms with Gasteiger partial charge >= 0.3 is 12.1 Å². The van der Waals surface area contributed by atoms with E-state index in [2.05, 4.69) is 4.74 Å². The van der Waals surface area contributed by atoms with Gasteiger partial charge in [-0.15, -0.1) is 0 Å². The molecule has 0 atom stereocenters.